The van der Waals surface area contributed by atoms with Gasteiger partial charge in [-0.25, -0.2) is 9.38 Å². The van der Waals surface area contributed by atoms with Gasteiger partial charge >= 0.3 is 0 Å². The van der Waals surface area contributed by atoms with Crippen molar-refractivity contribution in [3.05, 3.63) is 35.6 Å². The van der Waals surface area contributed by atoms with Crippen LogP contribution in [0.1, 0.15) is 32.3 Å². The minimum absolute atomic E-state index is 0.200. The maximum atomic E-state index is 13.2. The molecule has 0 aromatic heterocycles. The molecule has 0 radical (unpaired) electrons. The SMILES string of the molecule is CCNC(=NCc1cccc(F)c1)N1CCCC(C)C1. The molecule has 1 aliphatic rings. The average molecular weight is 277 g/mol. The van der Waals surface area contributed by atoms with Crippen LogP contribution >= 0.6 is 0 Å². The van der Waals surface area contributed by atoms with Crippen LogP contribution in [0.2, 0.25) is 0 Å². The third-order valence-corrected chi connectivity index (χ3v) is 3.59. The molecule has 1 aromatic carbocycles. The van der Waals surface area contributed by atoms with E-state index in [-0.39, 0.29) is 5.82 Å². The fourth-order valence-corrected chi connectivity index (χ4v) is 2.61. The summed E-state index contributed by atoms with van der Waals surface area (Å²) in [7, 11) is 0. The largest absolute Gasteiger partial charge is 0.357 e. The number of hydrogen-bond acceptors (Lipinski definition) is 1. The van der Waals surface area contributed by atoms with E-state index in [9.17, 15) is 4.39 Å². The van der Waals surface area contributed by atoms with Gasteiger partial charge in [-0.3, -0.25) is 0 Å². The Bertz CT molecular complexity index is 459. The minimum Gasteiger partial charge on any atom is -0.357 e. The van der Waals surface area contributed by atoms with Gasteiger partial charge in [-0.15, -0.1) is 0 Å². The molecule has 1 saturated heterocycles. The Morgan fingerprint density at radius 2 is 2.35 bits per heavy atom. The van der Waals surface area contributed by atoms with Gasteiger partial charge in [0.1, 0.15) is 5.82 Å². The molecule has 1 aliphatic heterocycles. The van der Waals surface area contributed by atoms with Crippen LogP contribution in [0.15, 0.2) is 29.3 Å². The first-order valence-electron chi connectivity index (χ1n) is 7.46. The Morgan fingerprint density at radius 1 is 1.50 bits per heavy atom. The first-order valence-corrected chi connectivity index (χ1v) is 7.46. The predicted octanol–water partition coefficient (Wildman–Crippen LogP) is 3.02. The van der Waals surface area contributed by atoms with Crippen molar-refractivity contribution in [1.82, 2.24) is 10.2 Å². The number of rotatable bonds is 3. The maximum absolute atomic E-state index is 13.2. The molecule has 0 aliphatic carbocycles. The van der Waals surface area contributed by atoms with Crippen molar-refractivity contribution in [3.63, 3.8) is 0 Å². The van der Waals surface area contributed by atoms with Gasteiger partial charge in [-0.1, -0.05) is 19.1 Å². The number of halogens is 1. The number of likely N-dealkylation sites (tertiary alicyclic amines) is 1. The smallest absolute Gasteiger partial charge is 0.194 e. The normalized spacial score (nSPS) is 20.1. The quantitative estimate of drug-likeness (QED) is 0.679. The van der Waals surface area contributed by atoms with Gasteiger partial charge in [0, 0.05) is 19.6 Å². The van der Waals surface area contributed by atoms with Gasteiger partial charge in [0.05, 0.1) is 6.54 Å². The first-order chi connectivity index (χ1) is 9.69. The molecule has 110 valence electrons. The second-order valence-corrected chi connectivity index (χ2v) is 5.49. The van der Waals surface area contributed by atoms with E-state index >= 15 is 0 Å². The topological polar surface area (TPSA) is 27.6 Å². The van der Waals surface area contributed by atoms with Crippen LogP contribution in [-0.4, -0.2) is 30.5 Å². The second kappa shape index (κ2) is 7.27. The third-order valence-electron chi connectivity index (χ3n) is 3.59. The Labute approximate surface area is 120 Å². The Balaban J connectivity index is 2.05. The van der Waals surface area contributed by atoms with E-state index in [0.29, 0.717) is 12.5 Å². The molecule has 1 fully saturated rings. The highest BCUT2D eigenvalue weighted by Gasteiger charge is 2.18. The average Bonchev–Trinajstić information content (AvgIpc) is 2.43. The molecule has 2 rings (SSSR count). The van der Waals surface area contributed by atoms with Crippen LogP contribution in [0.4, 0.5) is 4.39 Å². The molecular weight excluding hydrogens is 253 g/mol. The minimum atomic E-state index is -0.200. The number of guanidine groups is 1. The summed E-state index contributed by atoms with van der Waals surface area (Å²) in [5, 5.41) is 3.34. The predicted molar refractivity (Wildman–Crippen MR) is 81.2 cm³/mol. The zero-order valence-electron chi connectivity index (χ0n) is 12.4. The maximum Gasteiger partial charge on any atom is 0.194 e. The Morgan fingerprint density at radius 3 is 3.05 bits per heavy atom. The molecule has 20 heavy (non-hydrogen) atoms. The highest BCUT2D eigenvalue weighted by atomic mass is 19.1. The molecule has 0 bridgehead atoms. The summed E-state index contributed by atoms with van der Waals surface area (Å²) in [6.45, 7) is 7.83. The molecule has 3 nitrogen and oxygen atoms in total. The molecular formula is C16H24FN3. The number of aliphatic imine (C=N–C) groups is 1. The molecule has 0 saturated carbocycles. The lowest BCUT2D eigenvalue weighted by atomic mass is 10.0. The second-order valence-electron chi connectivity index (χ2n) is 5.49. The number of piperidine rings is 1. The monoisotopic (exact) mass is 277 g/mol. The summed E-state index contributed by atoms with van der Waals surface area (Å²) >= 11 is 0. The summed E-state index contributed by atoms with van der Waals surface area (Å²) < 4.78 is 13.2. The van der Waals surface area contributed by atoms with E-state index in [1.54, 1.807) is 12.1 Å². The molecule has 1 N–H and O–H groups in total. The highest BCUT2D eigenvalue weighted by molar-refractivity contribution is 5.80. The molecule has 1 aromatic rings. The van der Waals surface area contributed by atoms with Crippen molar-refractivity contribution in [2.24, 2.45) is 10.9 Å². The number of hydrogen-bond donors (Lipinski definition) is 1. The van der Waals surface area contributed by atoms with Crippen molar-refractivity contribution < 1.29 is 4.39 Å². The van der Waals surface area contributed by atoms with Crippen LogP contribution in [-0.2, 0) is 6.54 Å². The molecule has 1 unspecified atom stereocenters. The van der Waals surface area contributed by atoms with Crippen molar-refractivity contribution in [2.45, 2.75) is 33.2 Å². The molecule has 4 heteroatoms. The Kier molecular flexibility index (Phi) is 5.39. The van der Waals surface area contributed by atoms with E-state index in [4.69, 9.17) is 0 Å². The summed E-state index contributed by atoms with van der Waals surface area (Å²) in [5.74, 6) is 1.46. The summed E-state index contributed by atoms with van der Waals surface area (Å²) in [6, 6.07) is 6.65. The van der Waals surface area contributed by atoms with Gasteiger partial charge in [-0.05, 0) is 43.4 Å². The van der Waals surface area contributed by atoms with E-state index in [2.05, 4.69) is 29.1 Å². The molecule has 1 atom stereocenters. The van der Waals surface area contributed by atoms with Gasteiger partial charge < -0.3 is 10.2 Å². The van der Waals surface area contributed by atoms with E-state index in [1.165, 1.54) is 18.9 Å². The van der Waals surface area contributed by atoms with Crippen molar-refractivity contribution in [2.75, 3.05) is 19.6 Å². The lowest BCUT2D eigenvalue weighted by molar-refractivity contribution is 0.266. The van der Waals surface area contributed by atoms with Crippen LogP contribution in [0.25, 0.3) is 0 Å². The van der Waals surface area contributed by atoms with E-state index in [1.807, 2.05) is 6.07 Å². The van der Waals surface area contributed by atoms with Crippen molar-refractivity contribution in [1.29, 1.82) is 0 Å². The fraction of sp³-hybridized carbons (Fsp3) is 0.562. The van der Waals surface area contributed by atoms with Crippen molar-refractivity contribution in [3.8, 4) is 0 Å². The van der Waals surface area contributed by atoms with Crippen LogP contribution in [0, 0.1) is 11.7 Å². The third kappa shape index (κ3) is 4.22. The molecule has 0 amide bonds. The summed E-state index contributed by atoms with van der Waals surface area (Å²) in [5.41, 5.74) is 0.908. The summed E-state index contributed by atoms with van der Waals surface area (Å²) in [6.07, 6.45) is 2.51. The van der Waals surface area contributed by atoms with E-state index in [0.717, 1.165) is 31.2 Å². The standard InChI is InChI=1S/C16H24FN3/c1-3-18-16(20-9-5-6-13(2)12-20)19-11-14-7-4-8-15(17)10-14/h4,7-8,10,13H,3,5-6,9,11-12H2,1-2H3,(H,18,19). The molecule has 0 spiro atoms. The summed E-state index contributed by atoms with van der Waals surface area (Å²) in [4.78, 5) is 6.96. The number of nitrogens with zero attached hydrogens (tertiary/aromatic N) is 2. The first kappa shape index (κ1) is 14.8. The highest BCUT2D eigenvalue weighted by Crippen LogP contribution is 2.15. The Hall–Kier alpha value is -1.58. The van der Waals surface area contributed by atoms with Gasteiger partial charge in [0.15, 0.2) is 5.96 Å². The number of nitrogens with one attached hydrogen (secondary N) is 1. The molecule has 1 heterocycles. The van der Waals surface area contributed by atoms with Crippen LogP contribution in [0.5, 0.6) is 0 Å². The lowest BCUT2D eigenvalue weighted by Gasteiger charge is -2.33. The van der Waals surface area contributed by atoms with Crippen LogP contribution in [0.3, 0.4) is 0 Å². The number of benzene rings is 1. The lowest BCUT2D eigenvalue weighted by Crippen LogP contribution is -2.46. The fourth-order valence-electron chi connectivity index (χ4n) is 2.61. The van der Waals surface area contributed by atoms with Crippen LogP contribution < -0.4 is 5.32 Å². The van der Waals surface area contributed by atoms with Crippen molar-refractivity contribution >= 4 is 5.96 Å². The van der Waals surface area contributed by atoms with Gasteiger partial charge in [0.25, 0.3) is 0 Å². The van der Waals surface area contributed by atoms with Gasteiger partial charge in [-0.2, -0.15) is 0 Å². The van der Waals surface area contributed by atoms with Gasteiger partial charge in [0.2, 0.25) is 0 Å². The van der Waals surface area contributed by atoms with E-state index < -0.39 is 0 Å². The zero-order valence-corrected chi connectivity index (χ0v) is 12.4. The zero-order chi connectivity index (χ0) is 14.4.